The summed E-state index contributed by atoms with van der Waals surface area (Å²) in [6.07, 6.45) is 3.96. The van der Waals surface area contributed by atoms with Gasteiger partial charge in [0, 0.05) is 18.6 Å². The van der Waals surface area contributed by atoms with E-state index in [4.69, 9.17) is 11.6 Å². The number of halogens is 3. The fourth-order valence-corrected chi connectivity index (χ4v) is 4.14. The number of nitrogens with one attached hydrogen (secondary N) is 2. The number of nitrogens with zero attached hydrogens (tertiary/aromatic N) is 3. The molecular weight excluding hydrogens is 488 g/mol. The number of hydrogen-bond donors (Lipinski definition) is 3. The van der Waals surface area contributed by atoms with Crippen LogP contribution in [0.2, 0.25) is 5.02 Å². The highest BCUT2D eigenvalue weighted by Gasteiger charge is 2.22. The molecule has 0 saturated heterocycles. The third-order valence-corrected chi connectivity index (χ3v) is 6.15. The van der Waals surface area contributed by atoms with Gasteiger partial charge < -0.3 is 10.4 Å². The molecule has 0 unspecified atom stereocenters. The summed E-state index contributed by atoms with van der Waals surface area (Å²) in [6, 6.07) is 3.02. The van der Waals surface area contributed by atoms with E-state index in [9.17, 15) is 22.3 Å². The Morgan fingerprint density at radius 2 is 1.79 bits per heavy atom. The van der Waals surface area contributed by atoms with Gasteiger partial charge in [-0.2, -0.15) is 0 Å². The maximum atomic E-state index is 15.0. The van der Waals surface area contributed by atoms with Crippen LogP contribution in [0.1, 0.15) is 30.7 Å². The van der Waals surface area contributed by atoms with Crippen molar-refractivity contribution in [1.29, 1.82) is 0 Å². The number of aromatic nitrogens is 3. The van der Waals surface area contributed by atoms with E-state index < -0.39 is 38.4 Å². The van der Waals surface area contributed by atoms with Crippen molar-refractivity contribution in [2.45, 2.75) is 31.2 Å². The normalized spacial score (nSPS) is 11.5. The summed E-state index contributed by atoms with van der Waals surface area (Å²) < 4.78 is 56.8. The second-order valence-corrected chi connectivity index (χ2v) is 9.93. The highest BCUT2D eigenvalue weighted by molar-refractivity contribution is 7.92. The molecule has 0 amide bonds. The van der Waals surface area contributed by atoms with E-state index in [1.54, 1.807) is 13.8 Å². The summed E-state index contributed by atoms with van der Waals surface area (Å²) >= 11 is 5.83. The fourth-order valence-electron chi connectivity index (χ4n) is 2.64. The molecule has 0 aliphatic rings. The number of hydrogen-bond acceptors (Lipinski definition) is 7. The average Bonchev–Trinajstić information content (AvgIpc) is 2.78. The highest BCUT2D eigenvalue weighted by Crippen LogP contribution is 2.25. The molecule has 0 atom stereocenters. The lowest BCUT2D eigenvalue weighted by atomic mass is 10.1. The minimum Gasteiger partial charge on any atom is -0.394 e. The van der Waals surface area contributed by atoms with Gasteiger partial charge in [-0.25, -0.2) is 27.2 Å². The lowest BCUT2D eigenvalue weighted by Gasteiger charge is -2.23. The smallest absolute Gasteiger partial charge is 0.263 e. The molecule has 2 aromatic heterocycles. The van der Waals surface area contributed by atoms with Gasteiger partial charge in [-0.1, -0.05) is 23.4 Å². The Hall–Kier alpha value is -3.33. The quantitative estimate of drug-likeness (QED) is 0.437. The third-order valence-electron chi connectivity index (χ3n) is 4.46. The Morgan fingerprint density at radius 1 is 1.12 bits per heavy atom. The maximum Gasteiger partial charge on any atom is 0.263 e. The highest BCUT2D eigenvalue weighted by atomic mass is 35.5. The molecule has 0 bridgehead atoms. The number of aliphatic hydroxyl groups excluding tert-OH is 1. The van der Waals surface area contributed by atoms with E-state index in [0.29, 0.717) is 0 Å². The molecule has 3 aromatic rings. The number of benzene rings is 1. The SMILES string of the molecule is Cc1ncc(Cl)cc1S(=O)(=O)Nc1ccc(F)c(C#Cc2cnc(NC(C)(C)CO)nc2)c1F. The molecule has 1 aromatic carbocycles. The summed E-state index contributed by atoms with van der Waals surface area (Å²) in [6.45, 7) is 4.81. The summed E-state index contributed by atoms with van der Waals surface area (Å²) in [7, 11) is -4.26. The maximum absolute atomic E-state index is 15.0. The van der Waals surface area contributed by atoms with Crippen molar-refractivity contribution in [2.75, 3.05) is 16.6 Å². The minimum atomic E-state index is -4.26. The Kier molecular flexibility index (Phi) is 7.35. The van der Waals surface area contributed by atoms with Crippen molar-refractivity contribution in [3.63, 3.8) is 0 Å². The Morgan fingerprint density at radius 3 is 2.44 bits per heavy atom. The molecule has 3 N–H and O–H groups in total. The summed E-state index contributed by atoms with van der Waals surface area (Å²) in [4.78, 5) is 11.7. The number of anilines is 2. The van der Waals surface area contributed by atoms with Gasteiger partial charge in [0.2, 0.25) is 5.95 Å². The fraction of sp³-hybridized carbons (Fsp3) is 0.227. The van der Waals surface area contributed by atoms with Gasteiger partial charge in [-0.05, 0) is 39.0 Å². The first kappa shape index (κ1) is 25.3. The Labute approximate surface area is 200 Å². The zero-order valence-corrected chi connectivity index (χ0v) is 19.9. The molecular formula is C22H20ClF2N5O3S. The Bertz CT molecular complexity index is 1390. The van der Waals surface area contributed by atoms with Crippen molar-refractivity contribution >= 4 is 33.3 Å². The largest absolute Gasteiger partial charge is 0.394 e. The van der Waals surface area contributed by atoms with Gasteiger partial charge in [-0.15, -0.1) is 0 Å². The van der Waals surface area contributed by atoms with Gasteiger partial charge in [-0.3, -0.25) is 9.71 Å². The first-order valence-corrected chi connectivity index (χ1v) is 11.6. The van der Waals surface area contributed by atoms with Crippen LogP contribution in [0.15, 0.2) is 41.7 Å². The number of rotatable bonds is 6. The molecule has 12 heteroatoms. The first-order valence-electron chi connectivity index (χ1n) is 9.78. The van der Waals surface area contributed by atoms with Crippen molar-refractivity contribution in [2.24, 2.45) is 0 Å². The summed E-state index contributed by atoms with van der Waals surface area (Å²) in [5.41, 5.74) is -1.36. The topological polar surface area (TPSA) is 117 Å². The van der Waals surface area contributed by atoms with Crippen molar-refractivity contribution < 1.29 is 22.3 Å². The molecule has 0 aliphatic heterocycles. The number of aryl methyl sites for hydroxylation is 1. The van der Waals surface area contributed by atoms with Gasteiger partial charge >= 0.3 is 0 Å². The molecule has 0 saturated carbocycles. The zero-order chi connectivity index (χ0) is 25.1. The van der Waals surface area contributed by atoms with Crippen LogP contribution in [-0.4, -0.2) is 40.6 Å². The Balaban J connectivity index is 1.89. The van der Waals surface area contributed by atoms with Crippen LogP contribution in [0, 0.1) is 30.4 Å². The van der Waals surface area contributed by atoms with E-state index in [1.807, 2.05) is 0 Å². The van der Waals surface area contributed by atoms with Crippen LogP contribution < -0.4 is 10.0 Å². The number of sulfonamides is 1. The lowest BCUT2D eigenvalue weighted by Crippen LogP contribution is -2.35. The second kappa shape index (κ2) is 9.89. The lowest BCUT2D eigenvalue weighted by molar-refractivity contribution is 0.233. The molecule has 3 rings (SSSR count). The van der Waals surface area contributed by atoms with Gasteiger partial charge in [0.25, 0.3) is 10.0 Å². The van der Waals surface area contributed by atoms with E-state index in [-0.39, 0.29) is 33.7 Å². The van der Waals surface area contributed by atoms with Gasteiger partial charge in [0.05, 0.1) is 39.7 Å². The van der Waals surface area contributed by atoms with Crippen molar-refractivity contribution in [3.8, 4) is 11.8 Å². The predicted octanol–water partition coefficient (Wildman–Crippen LogP) is 3.50. The monoisotopic (exact) mass is 507 g/mol. The van der Waals surface area contributed by atoms with Crippen LogP contribution in [0.25, 0.3) is 0 Å². The summed E-state index contributed by atoms with van der Waals surface area (Å²) in [5.74, 6) is 2.98. The molecule has 0 spiro atoms. The molecule has 0 radical (unpaired) electrons. The van der Waals surface area contributed by atoms with Crippen LogP contribution in [-0.2, 0) is 10.0 Å². The molecule has 0 aliphatic carbocycles. The van der Waals surface area contributed by atoms with Gasteiger partial charge in [0.15, 0.2) is 5.82 Å². The molecule has 178 valence electrons. The van der Waals surface area contributed by atoms with Crippen LogP contribution in [0.5, 0.6) is 0 Å². The molecule has 34 heavy (non-hydrogen) atoms. The van der Waals surface area contributed by atoms with Crippen molar-refractivity contribution in [1.82, 2.24) is 15.0 Å². The predicted molar refractivity (Wildman–Crippen MR) is 124 cm³/mol. The van der Waals surface area contributed by atoms with E-state index in [2.05, 4.69) is 36.8 Å². The zero-order valence-electron chi connectivity index (χ0n) is 18.3. The van der Waals surface area contributed by atoms with Crippen LogP contribution in [0.4, 0.5) is 20.4 Å². The number of pyridine rings is 1. The standard InChI is InChI=1S/C22H20ClF2N5O3S/c1-13-19(8-15(23)11-26-13)34(32,33)30-18-7-6-17(24)16(20(18)25)5-4-14-9-27-21(28-10-14)29-22(2,3)12-31/h6-11,30-31H,12H2,1-3H3,(H,27,28,29). The van der Waals surface area contributed by atoms with Crippen LogP contribution >= 0.6 is 11.6 Å². The third kappa shape index (κ3) is 5.96. The first-order chi connectivity index (χ1) is 15.9. The van der Waals surface area contributed by atoms with E-state index in [1.165, 1.54) is 31.6 Å². The average molecular weight is 508 g/mol. The molecule has 2 heterocycles. The molecule has 0 fully saturated rings. The van der Waals surface area contributed by atoms with E-state index in [0.717, 1.165) is 12.1 Å². The van der Waals surface area contributed by atoms with Crippen LogP contribution in [0.3, 0.4) is 0 Å². The molecule has 8 nitrogen and oxygen atoms in total. The second-order valence-electron chi connectivity index (χ2n) is 7.84. The van der Waals surface area contributed by atoms with E-state index >= 15 is 0 Å². The summed E-state index contributed by atoms with van der Waals surface area (Å²) in [5, 5.41) is 12.3. The minimum absolute atomic E-state index is 0.0838. The van der Waals surface area contributed by atoms with Crippen molar-refractivity contribution in [3.05, 3.63) is 70.3 Å². The number of aliphatic hydroxyl groups is 1. The van der Waals surface area contributed by atoms with Gasteiger partial charge in [0.1, 0.15) is 10.7 Å².